The molecule has 0 bridgehead atoms. The predicted molar refractivity (Wildman–Crippen MR) is 105 cm³/mol. The number of halogens is 3. The quantitative estimate of drug-likeness (QED) is 0.736. The summed E-state index contributed by atoms with van der Waals surface area (Å²) in [5.74, 6) is -0.353. The molecule has 1 aliphatic rings. The molecule has 154 valence electrons. The first-order valence-corrected chi connectivity index (χ1v) is 9.92. The average Bonchev–Trinajstić information content (AvgIpc) is 2.68. The Kier molecular flexibility index (Phi) is 6.46. The van der Waals surface area contributed by atoms with Crippen molar-refractivity contribution in [3.63, 3.8) is 0 Å². The Balaban J connectivity index is 1.63. The SMILES string of the molecule is Cc1cccnc1NC(=O)C1CCCN(C(=O)c2ccc(SC(F)(F)F)cc2)C1. The van der Waals surface area contributed by atoms with E-state index in [1.807, 2.05) is 13.0 Å². The molecule has 5 nitrogen and oxygen atoms in total. The molecule has 2 amide bonds. The fourth-order valence-corrected chi connectivity index (χ4v) is 3.73. The Bertz CT molecular complexity index is 887. The van der Waals surface area contributed by atoms with Gasteiger partial charge in [-0.3, -0.25) is 9.59 Å². The van der Waals surface area contributed by atoms with Crippen molar-refractivity contribution in [1.82, 2.24) is 9.88 Å². The van der Waals surface area contributed by atoms with Crippen LogP contribution in [0.5, 0.6) is 0 Å². The van der Waals surface area contributed by atoms with Gasteiger partial charge in [-0.25, -0.2) is 4.98 Å². The normalized spacial score (nSPS) is 17.1. The van der Waals surface area contributed by atoms with E-state index in [2.05, 4.69) is 10.3 Å². The second-order valence-corrected chi connectivity index (χ2v) is 7.96. The van der Waals surface area contributed by atoms with Crippen LogP contribution in [0.25, 0.3) is 0 Å². The topological polar surface area (TPSA) is 62.3 Å². The predicted octanol–water partition coefficient (Wildman–Crippen LogP) is 4.49. The highest BCUT2D eigenvalue weighted by Gasteiger charge is 2.31. The van der Waals surface area contributed by atoms with Crippen LogP contribution in [-0.2, 0) is 4.79 Å². The highest BCUT2D eigenvalue weighted by molar-refractivity contribution is 8.00. The largest absolute Gasteiger partial charge is 0.446 e. The third kappa shape index (κ3) is 5.72. The highest BCUT2D eigenvalue weighted by atomic mass is 32.2. The Morgan fingerprint density at radius 2 is 1.93 bits per heavy atom. The zero-order valence-electron chi connectivity index (χ0n) is 15.7. The van der Waals surface area contributed by atoms with Crippen molar-refractivity contribution in [2.24, 2.45) is 5.92 Å². The molecule has 0 aliphatic carbocycles. The van der Waals surface area contributed by atoms with E-state index in [1.54, 1.807) is 17.2 Å². The molecule has 0 spiro atoms. The maximum Gasteiger partial charge on any atom is 0.446 e. The number of carbonyl (C=O) groups is 2. The van der Waals surface area contributed by atoms with Crippen LogP contribution >= 0.6 is 11.8 Å². The molecule has 1 N–H and O–H groups in total. The number of anilines is 1. The van der Waals surface area contributed by atoms with Gasteiger partial charge in [-0.1, -0.05) is 6.07 Å². The molecular weight excluding hydrogens is 403 g/mol. The summed E-state index contributed by atoms with van der Waals surface area (Å²) in [6.45, 7) is 2.61. The van der Waals surface area contributed by atoms with Crippen molar-refractivity contribution in [1.29, 1.82) is 0 Å². The fourth-order valence-electron chi connectivity index (χ4n) is 3.19. The van der Waals surface area contributed by atoms with Crippen LogP contribution in [-0.4, -0.2) is 40.3 Å². The Labute approximate surface area is 170 Å². The van der Waals surface area contributed by atoms with Crippen molar-refractivity contribution in [2.75, 3.05) is 18.4 Å². The molecule has 1 fully saturated rings. The maximum atomic E-state index is 12.7. The molecule has 1 atom stereocenters. The van der Waals surface area contributed by atoms with Gasteiger partial charge in [-0.15, -0.1) is 0 Å². The standard InChI is InChI=1S/C20H20F3N3O2S/c1-13-4-2-10-24-17(13)25-18(27)15-5-3-11-26(12-15)19(28)14-6-8-16(9-7-14)29-20(21,22)23/h2,4,6-10,15H,3,5,11-12H2,1H3,(H,24,25,27). The minimum atomic E-state index is -4.37. The lowest BCUT2D eigenvalue weighted by molar-refractivity contribution is -0.121. The first kappa shape index (κ1) is 21.2. The summed E-state index contributed by atoms with van der Waals surface area (Å²) in [5.41, 5.74) is -3.22. The van der Waals surface area contributed by atoms with Crippen LogP contribution in [0.1, 0.15) is 28.8 Å². The lowest BCUT2D eigenvalue weighted by Gasteiger charge is -2.32. The number of rotatable bonds is 4. The van der Waals surface area contributed by atoms with Gasteiger partial charge in [0.05, 0.1) is 5.92 Å². The molecule has 2 heterocycles. The van der Waals surface area contributed by atoms with Crippen LogP contribution in [0.2, 0.25) is 0 Å². The number of likely N-dealkylation sites (tertiary alicyclic amines) is 1. The number of carbonyl (C=O) groups excluding carboxylic acids is 2. The van der Waals surface area contributed by atoms with Gasteiger partial charge >= 0.3 is 5.51 Å². The zero-order chi connectivity index (χ0) is 21.0. The van der Waals surface area contributed by atoms with Crippen molar-refractivity contribution in [3.05, 3.63) is 53.7 Å². The number of amides is 2. The Hall–Kier alpha value is -2.55. The number of aryl methyl sites for hydroxylation is 1. The molecule has 1 aromatic heterocycles. The average molecular weight is 423 g/mol. The Morgan fingerprint density at radius 3 is 2.59 bits per heavy atom. The summed E-state index contributed by atoms with van der Waals surface area (Å²) >= 11 is -0.221. The van der Waals surface area contributed by atoms with Gasteiger partial charge in [0, 0.05) is 29.7 Å². The first-order valence-electron chi connectivity index (χ1n) is 9.10. The zero-order valence-corrected chi connectivity index (χ0v) is 16.5. The number of aromatic nitrogens is 1. The molecule has 1 unspecified atom stereocenters. The monoisotopic (exact) mass is 423 g/mol. The second kappa shape index (κ2) is 8.86. The van der Waals surface area contributed by atoms with E-state index in [0.717, 1.165) is 5.56 Å². The smallest absolute Gasteiger partial charge is 0.338 e. The summed E-state index contributed by atoms with van der Waals surface area (Å²) in [6.07, 6.45) is 2.93. The van der Waals surface area contributed by atoms with E-state index in [9.17, 15) is 22.8 Å². The van der Waals surface area contributed by atoms with Crippen molar-refractivity contribution < 1.29 is 22.8 Å². The van der Waals surface area contributed by atoms with Crippen LogP contribution in [0.4, 0.5) is 19.0 Å². The fraction of sp³-hybridized carbons (Fsp3) is 0.350. The van der Waals surface area contributed by atoms with Gasteiger partial charge in [0.25, 0.3) is 5.91 Å². The molecule has 1 aliphatic heterocycles. The summed E-state index contributed by atoms with van der Waals surface area (Å²) in [5, 5.41) is 2.81. The van der Waals surface area contributed by atoms with Crippen molar-refractivity contribution in [3.8, 4) is 0 Å². The number of hydrogen-bond donors (Lipinski definition) is 1. The number of nitrogens with zero attached hydrogens (tertiary/aromatic N) is 2. The molecule has 2 aromatic rings. The third-order valence-corrected chi connectivity index (χ3v) is 5.40. The molecule has 1 saturated heterocycles. The van der Waals surface area contributed by atoms with E-state index >= 15 is 0 Å². The van der Waals surface area contributed by atoms with Crippen LogP contribution in [0, 0.1) is 12.8 Å². The lowest BCUT2D eigenvalue weighted by Crippen LogP contribution is -2.43. The van der Waals surface area contributed by atoms with E-state index < -0.39 is 5.51 Å². The van der Waals surface area contributed by atoms with Crippen LogP contribution in [0.15, 0.2) is 47.5 Å². The molecule has 9 heteroatoms. The van der Waals surface area contributed by atoms with Crippen LogP contribution < -0.4 is 5.32 Å². The van der Waals surface area contributed by atoms with Gasteiger partial charge in [-0.05, 0) is 67.4 Å². The molecule has 0 saturated carbocycles. The van der Waals surface area contributed by atoms with E-state index in [-0.39, 0.29) is 40.9 Å². The molecule has 0 radical (unpaired) electrons. The van der Waals surface area contributed by atoms with E-state index in [0.29, 0.717) is 30.8 Å². The summed E-state index contributed by atoms with van der Waals surface area (Å²) in [4.78, 5) is 31.1. The summed E-state index contributed by atoms with van der Waals surface area (Å²) < 4.78 is 37.3. The van der Waals surface area contributed by atoms with E-state index in [1.165, 1.54) is 24.3 Å². The number of nitrogens with one attached hydrogen (secondary N) is 1. The maximum absolute atomic E-state index is 12.7. The summed E-state index contributed by atoms with van der Waals surface area (Å²) in [6, 6.07) is 8.96. The van der Waals surface area contributed by atoms with E-state index in [4.69, 9.17) is 0 Å². The van der Waals surface area contributed by atoms with Gasteiger partial charge in [0.1, 0.15) is 5.82 Å². The van der Waals surface area contributed by atoms with Crippen LogP contribution in [0.3, 0.4) is 0 Å². The highest BCUT2D eigenvalue weighted by Crippen LogP contribution is 2.36. The van der Waals surface area contributed by atoms with Gasteiger partial charge in [0.2, 0.25) is 5.91 Å². The number of thioether (sulfide) groups is 1. The minimum absolute atomic E-state index is 0.0238. The number of alkyl halides is 3. The number of hydrogen-bond acceptors (Lipinski definition) is 4. The third-order valence-electron chi connectivity index (χ3n) is 4.67. The lowest BCUT2D eigenvalue weighted by atomic mass is 9.96. The molecule has 1 aromatic carbocycles. The number of pyridine rings is 1. The molecular formula is C20H20F3N3O2S. The second-order valence-electron chi connectivity index (χ2n) is 6.82. The van der Waals surface area contributed by atoms with Crippen molar-refractivity contribution >= 4 is 29.4 Å². The minimum Gasteiger partial charge on any atom is -0.338 e. The number of benzene rings is 1. The van der Waals surface area contributed by atoms with Crippen molar-refractivity contribution in [2.45, 2.75) is 30.2 Å². The Morgan fingerprint density at radius 1 is 1.21 bits per heavy atom. The van der Waals surface area contributed by atoms with Gasteiger partial charge < -0.3 is 10.2 Å². The van der Waals surface area contributed by atoms with Gasteiger partial charge in [0.15, 0.2) is 0 Å². The number of piperidine rings is 1. The first-order chi connectivity index (χ1) is 13.7. The van der Waals surface area contributed by atoms with Gasteiger partial charge in [-0.2, -0.15) is 13.2 Å². The molecule has 29 heavy (non-hydrogen) atoms. The molecule has 3 rings (SSSR count). The summed E-state index contributed by atoms with van der Waals surface area (Å²) in [7, 11) is 0.